The predicted octanol–water partition coefficient (Wildman–Crippen LogP) is 5.61. The number of piperazine rings is 1. The summed E-state index contributed by atoms with van der Waals surface area (Å²) in [5.41, 5.74) is 2.51. The maximum atomic E-state index is 14.7. The smallest absolute Gasteiger partial charge is 0.266 e. The number of hydrogen-bond acceptors (Lipinski definition) is 8. The van der Waals surface area contributed by atoms with Gasteiger partial charge in [0.2, 0.25) is 5.88 Å². The fraction of sp³-hybridized carbons (Fsp3) is 0.219. The lowest BCUT2D eigenvalue weighted by Crippen LogP contribution is -2.58. The Labute approximate surface area is 265 Å². The zero-order valence-corrected chi connectivity index (χ0v) is 26.1. The number of halogens is 2. The van der Waals surface area contributed by atoms with E-state index >= 15 is 0 Å². The van der Waals surface area contributed by atoms with Crippen LogP contribution < -0.4 is 13.9 Å². The summed E-state index contributed by atoms with van der Waals surface area (Å²) >= 11 is 13.0. The van der Waals surface area contributed by atoms with Crippen molar-refractivity contribution in [1.82, 2.24) is 19.9 Å². The quantitative estimate of drug-likeness (QED) is 0.220. The first-order valence-corrected chi connectivity index (χ1v) is 16.3. The van der Waals surface area contributed by atoms with Gasteiger partial charge in [-0.05, 0) is 54.6 Å². The fourth-order valence-corrected chi connectivity index (χ4v) is 8.50. The van der Waals surface area contributed by atoms with Gasteiger partial charge in [-0.15, -0.1) is 0 Å². The number of rotatable bonds is 6. The fourth-order valence-electron chi connectivity index (χ4n) is 6.51. The summed E-state index contributed by atoms with van der Waals surface area (Å²) in [5, 5.41) is 1.51. The third-order valence-electron chi connectivity index (χ3n) is 8.52. The van der Waals surface area contributed by atoms with Crippen molar-refractivity contribution in [2.45, 2.75) is 10.4 Å². The summed E-state index contributed by atoms with van der Waals surface area (Å²) in [6, 6.07) is 21.8. The Bertz CT molecular complexity index is 1970. The van der Waals surface area contributed by atoms with Crippen LogP contribution in [0.15, 0.2) is 96.3 Å². The molecular formula is C32H28Cl2N6O3S. The van der Waals surface area contributed by atoms with Gasteiger partial charge in [0.05, 0.1) is 30.4 Å². The molecule has 0 saturated carbocycles. The van der Waals surface area contributed by atoms with Crippen molar-refractivity contribution >= 4 is 55.5 Å². The highest BCUT2D eigenvalue weighted by molar-refractivity contribution is 7.93. The van der Waals surface area contributed by atoms with E-state index in [0.29, 0.717) is 53.8 Å². The molecule has 0 aliphatic carbocycles. The van der Waals surface area contributed by atoms with Crippen LogP contribution in [0.5, 0.6) is 5.88 Å². The highest BCUT2D eigenvalue weighted by Gasteiger charge is 2.54. The number of nitrogens with zero attached hydrogens (tertiary/aromatic N) is 6. The summed E-state index contributed by atoms with van der Waals surface area (Å²) in [6.45, 7) is 2.76. The number of aromatic nitrogens is 3. The number of benzene rings is 2. The van der Waals surface area contributed by atoms with Crippen molar-refractivity contribution in [3.8, 4) is 5.88 Å². The van der Waals surface area contributed by atoms with E-state index in [1.165, 1.54) is 4.31 Å². The van der Waals surface area contributed by atoms with E-state index in [4.69, 9.17) is 27.9 Å². The number of pyridine rings is 3. The molecule has 12 heteroatoms. The number of methoxy groups -OCH3 is 1. The monoisotopic (exact) mass is 646 g/mol. The molecule has 2 aliphatic rings. The number of fused-ring (bicyclic) bond motifs is 2. The van der Waals surface area contributed by atoms with Crippen LogP contribution in [0.25, 0.3) is 10.9 Å². The molecule has 0 amide bonds. The molecular weight excluding hydrogens is 619 g/mol. The molecule has 7 rings (SSSR count). The summed E-state index contributed by atoms with van der Waals surface area (Å²) in [4.78, 5) is 17.9. The average Bonchev–Trinajstić information content (AvgIpc) is 3.40. The zero-order chi connectivity index (χ0) is 30.5. The van der Waals surface area contributed by atoms with E-state index in [2.05, 4.69) is 24.8 Å². The molecule has 1 atom stereocenters. The zero-order valence-electron chi connectivity index (χ0n) is 23.8. The molecule has 2 aromatic carbocycles. The van der Waals surface area contributed by atoms with Crippen molar-refractivity contribution in [1.29, 1.82) is 0 Å². The third-order valence-corrected chi connectivity index (χ3v) is 10.8. The van der Waals surface area contributed by atoms with Gasteiger partial charge in [0.1, 0.15) is 10.0 Å². The molecule has 0 N–H and O–H groups in total. The lowest BCUT2D eigenvalue weighted by atomic mass is 9.82. The van der Waals surface area contributed by atoms with Crippen LogP contribution in [0.3, 0.4) is 0 Å². The molecule has 3 aromatic heterocycles. The molecule has 5 heterocycles. The highest BCUT2D eigenvalue weighted by atomic mass is 35.5. The van der Waals surface area contributed by atoms with E-state index in [-0.39, 0.29) is 16.6 Å². The first-order valence-electron chi connectivity index (χ1n) is 14.1. The van der Waals surface area contributed by atoms with E-state index in [1.54, 1.807) is 62.1 Å². The minimum atomic E-state index is -4.09. The molecule has 9 nitrogen and oxygen atoms in total. The van der Waals surface area contributed by atoms with Gasteiger partial charge in [-0.2, -0.15) is 0 Å². The van der Waals surface area contributed by atoms with Gasteiger partial charge >= 0.3 is 0 Å². The summed E-state index contributed by atoms with van der Waals surface area (Å²) in [5.74, 6) is 0.325. The Kier molecular flexibility index (Phi) is 7.32. The number of anilines is 2. The van der Waals surface area contributed by atoms with E-state index in [1.807, 2.05) is 36.4 Å². The van der Waals surface area contributed by atoms with Gasteiger partial charge in [0.25, 0.3) is 10.0 Å². The molecule has 224 valence electrons. The first kappa shape index (κ1) is 28.8. The number of ether oxygens (including phenoxy) is 1. The summed E-state index contributed by atoms with van der Waals surface area (Å²) < 4.78 is 36.7. The van der Waals surface area contributed by atoms with Crippen molar-refractivity contribution in [2.24, 2.45) is 0 Å². The molecule has 0 radical (unpaired) electrons. The maximum Gasteiger partial charge on any atom is 0.266 e. The Morgan fingerprint density at radius 2 is 1.64 bits per heavy atom. The van der Waals surface area contributed by atoms with Crippen LogP contribution in [0, 0.1) is 0 Å². The van der Waals surface area contributed by atoms with Crippen LogP contribution in [0.1, 0.15) is 11.1 Å². The van der Waals surface area contributed by atoms with Crippen LogP contribution in [-0.2, 0) is 15.6 Å². The molecule has 0 bridgehead atoms. The number of para-hydroxylation sites is 1. The van der Waals surface area contributed by atoms with Gasteiger partial charge < -0.3 is 9.64 Å². The first-order chi connectivity index (χ1) is 21.3. The Morgan fingerprint density at radius 3 is 2.41 bits per heavy atom. The van der Waals surface area contributed by atoms with E-state index in [9.17, 15) is 8.42 Å². The van der Waals surface area contributed by atoms with Gasteiger partial charge in [-0.25, -0.2) is 13.4 Å². The van der Waals surface area contributed by atoms with Crippen LogP contribution in [-0.4, -0.2) is 68.1 Å². The van der Waals surface area contributed by atoms with Gasteiger partial charge in [0, 0.05) is 72.0 Å². The second-order valence-corrected chi connectivity index (χ2v) is 13.4. The number of hydrogen-bond donors (Lipinski definition) is 0. The van der Waals surface area contributed by atoms with Crippen molar-refractivity contribution in [3.63, 3.8) is 0 Å². The van der Waals surface area contributed by atoms with E-state index < -0.39 is 15.6 Å². The molecule has 44 heavy (non-hydrogen) atoms. The molecule has 1 saturated heterocycles. The average molecular weight is 648 g/mol. The Hall–Kier alpha value is -3.96. The highest BCUT2D eigenvalue weighted by Crippen LogP contribution is 2.52. The largest absolute Gasteiger partial charge is 0.481 e. The van der Waals surface area contributed by atoms with Crippen molar-refractivity contribution in [3.05, 3.63) is 113 Å². The van der Waals surface area contributed by atoms with Gasteiger partial charge in [-0.1, -0.05) is 41.4 Å². The van der Waals surface area contributed by atoms with Crippen LogP contribution in [0.2, 0.25) is 10.2 Å². The minimum Gasteiger partial charge on any atom is -0.481 e. The summed E-state index contributed by atoms with van der Waals surface area (Å²) in [6.07, 6.45) is 5.18. The SMILES string of the molecule is COc1nc(Cl)ccc1C1(N2CCN(c3ccncc3)CC2)CN(S(=O)(=O)c2cccc3cccnc23)c2ccc(Cl)cc21. The topological polar surface area (TPSA) is 91.8 Å². The molecule has 5 aromatic rings. The standard InChI is InChI=1S/C32H28Cl2N6O3S/c1-43-31-25(8-10-29(34)37-31)32(39-18-16-38(17-19-39)24-11-14-35-15-12-24)21-40(27-9-7-23(33)20-26(27)32)44(41,42)28-6-2-4-22-5-3-13-36-30(22)28/h2-15,20H,16-19,21H2,1H3. The van der Waals surface area contributed by atoms with Gasteiger partial charge in [0.15, 0.2) is 0 Å². The van der Waals surface area contributed by atoms with Crippen LogP contribution in [0.4, 0.5) is 11.4 Å². The Balaban J connectivity index is 1.41. The molecule has 1 fully saturated rings. The third kappa shape index (κ3) is 4.64. The normalized spacial score (nSPS) is 18.9. The van der Waals surface area contributed by atoms with Crippen molar-refractivity contribution in [2.75, 3.05) is 49.0 Å². The second-order valence-electron chi connectivity index (χ2n) is 10.7. The maximum absolute atomic E-state index is 14.7. The molecule has 1 unspecified atom stereocenters. The van der Waals surface area contributed by atoms with Crippen molar-refractivity contribution < 1.29 is 13.2 Å². The van der Waals surface area contributed by atoms with Crippen LogP contribution >= 0.6 is 23.2 Å². The molecule has 0 spiro atoms. The minimum absolute atomic E-state index is 0.0726. The molecule has 2 aliphatic heterocycles. The van der Waals surface area contributed by atoms with Gasteiger partial charge in [-0.3, -0.25) is 19.2 Å². The lowest BCUT2D eigenvalue weighted by molar-refractivity contribution is 0.124. The summed E-state index contributed by atoms with van der Waals surface area (Å²) in [7, 11) is -2.55. The second kappa shape index (κ2) is 11.2. The number of sulfonamides is 1. The van der Waals surface area contributed by atoms with E-state index in [0.717, 1.165) is 16.6 Å². The Morgan fingerprint density at radius 1 is 0.864 bits per heavy atom. The lowest BCUT2D eigenvalue weighted by Gasteiger charge is -2.47. The predicted molar refractivity (Wildman–Crippen MR) is 172 cm³/mol.